The van der Waals surface area contributed by atoms with Gasteiger partial charge in [-0.2, -0.15) is 4.31 Å². The topological polar surface area (TPSA) is 88.2 Å². The van der Waals surface area contributed by atoms with Crippen molar-refractivity contribution in [3.05, 3.63) is 48.5 Å². The molecule has 9 heteroatoms. The number of hydrogen-bond donors (Lipinski definition) is 1. The summed E-state index contributed by atoms with van der Waals surface area (Å²) in [6.07, 6.45) is 5.43. The Kier molecular flexibility index (Phi) is 8.07. The molecule has 0 atom stereocenters. The first kappa shape index (κ1) is 24.5. The highest BCUT2D eigenvalue weighted by Gasteiger charge is 2.30. The van der Waals surface area contributed by atoms with Crippen molar-refractivity contribution < 1.29 is 22.7 Å². The molecule has 0 aromatic heterocycles. The van der Waals surface area contributed by atoms with Crippen molar-refractivity contribution in [2.24, 2.45) is 0 Å². The van der Waals surface area contributed by atoms with Gasteiger partial charge < -0.3 is 19.7 Å². The molecule has 2 aromatic rings. The maximum atomic E-state index is 13.4. The summed E-state index contributed by atoms with van der Waals surface area (Å²) >= 11 is 0. The normalized spacial score (nSPS) is 17.8. The molecular weight excluding hydrogens is 454 g/mol. The molecule has 4 rings (SSSR count). The first-order valence-corrected chi connectivity index (χ1v) is 13.3. The van der Waals surface area contributed by atoms with Crippen LogP contribution in [0.1, 0.15) is 32.1 Å². The molecule has 1 amide bonds. The van der Waals surface area contributed by atoms with Crippen LogP contribution in [0.2, 0.25) is 0 Å². The Hall–Kier alpha value is -2.62. The molecule has 0 unspecified atom stereocenters. The van der Waals surface area contributed by atoms with E-state index in [1.165, 1.54) is 17.8 Å². The van der Waals surface area contributed by atoms with Crippen molar-refractivity contribution in [2.45, 2.75) is 43.0 Å². The van der Waals surface area contributed by atoms with Gasteiger partial charge in [0.2, 0.25) is 15.9 Å². The maximum Gasteiger partial charge on any atom is 0.246 e. The second-order valence-electron chi connectivity index (χ2n) is 8.63. The molecule has 0 radical (unpaired) electrons. The summed E-state index contributed by atoms with van der Waals surface area (Å²) in [5, 5.41) is 3.15. The van der Waals surface area contributed by atoms with E-state index in [1.807, 2.05) is 35.2 Å². The number of carbonyl (C=O) groups excluding carboxylic acids is 1. The van der Waals surface area contributed by atoms with E-state index in [0.29, 0.717) is 32.0 Å². The molecule has 2 fully saturated rings. The smallest absolute Gasteiger partial charge is 0.246 e. The van der Waals surface area contributed by atoms with E-state index >= 15 is 0 Å². The Morgan fingerprint density at radius 3 is 2.47 bits per heavy atom. The van der Waals surface area contributed by atoms with Crippen LogP contribution < -0.4 is 15.0 Å². The fourth-order valence-electron chi connectivity index (χ4n) is 4.66. The molecule has 2 aliphatic rings. The van der Waals surface area contributed by atoms with Crippen LogP contribution >= 0.6 is 0 Å². The predicted molar refractivity (Wildman–Crippen MR) is 132 cm³/mol. The zero-order valence-electron chi connectivity index (χ0n) is 19.6. The molecule has 1 aliphatic heterocycles. The Morgan fingerprint density at radius 1 is 1.09 bits per heavy atom. The largest absolute Gasteiger partial charge is 0.495 e. The molecule has 8 nitrogen and oxygen atoms in total. The van der Waals surface area contributed by atoms with Crippen LogP contribution in [0.4, 0.5) is 11.4 Å². The Bertz CT molecular complexity index is 1070. The Labute approximate surface area is 201 Å². The van der Waals surface area contributed by atoms with Crippen LogP contribution in [0.25, 0.3) is 0 Å². The van der Waals surface area contributed by atoms with Gasteiger partial charge in [0.1, 0.15) is 10.6 Å². The standard InChI is InChI=1S/C25H33N3O5S/c1-32-23-13-12-20(18-24(23)34(30,31)27-14-16-33-17-15-27)26-19-25(29)28(21-8-4-2-5-9-21)22-10-6-3-7-11-22/h2,4-5,8-9,12-13,18,22,26H,3,6-7,10-11,14-17,19H2,1H3. The van der Waals surface area contributed by atoms with Crippen molar-refractivity contribution in [1.82, 2.24) is 4.31 Å². The number of amides is 1. The summed E-state index contributed by atoms with van der Waals surface area (Å²) in [6.45, 7) is 1.40. The highest BCUT2D eigenvalue weighted by molar-refractivity contribution is 7.89. The molecule has 2 aromatic carbocycles. The van der Waals surface area contributed by atoms with E-state index in [2.05, 4.69) is 5.32 Å². The minimum atomic E-state index is -3.75. The van der Waals surface area contributed by atoms with Gasteiger partial charge in [0.25, 0.3) is 0 Å². The zero-order chi connectivity index (χ0) is 24.0. The number of carbonyl (C=O) groups is 1. The summed E-state index contributed by atoms with van der Waals surface area (Å²) in [6, 6.07) is 14.8. The second-order valence-corrected chi connectivity index (χ2v) is 10.5. The van der Waals surface area contributed by atoms with Crippen LogP contribution in [-0.2, 0) is 19.6 Å². The highest BCUT2D eigenvalue weighted by Crippen LogP contribution is 2.31. The molecule has 34 heavy (non-hydrogen) atoms. The van der Waals surface area contributed by atoms with Gasteiger partial charge >= 0.3 is 0 Å². The fourth-order valence-corrected chi connectivity index (χ4v) is 6.25. The Balaban J connectivity index is 1.53. The number of methoxy groups -OCH3 is 1. The third kappa shape index (κ3) is 5.54. The second kappa shape index (κ2) is 11.2. The van der Waals surface area contributed by atoms with E-state index < -0.39 is 10.0 Å². The van der Waals surface area contributed by atoms with Crippen molar-refractivity contribution in [3.8, 4) is 5.75 Å². The number of ether oxygens (including phenoxy) is 2. The van der Waals surface area contributed by atoms with Gasteiger partial charge in [0.15, 0.2) is 0 Å². The minimum absolute atomic E-state index is 0.0356. The number of anilines is 2. The Morgan fingerprint density at radius 2 is 1.79 bits per heavy atom. The van der Waals surface area contributed by atoms with Crippen LogP contribution in [-0.4, -0.2) is 64.6 Å². The van der Waals surface area contributed by atoms with Crippen LogP contribution in [0.3, 0.4) is 0 Å². The number of benzene rings is 2. The lowest BCUT2D eigenvalue weighted by Crippen LogP contribution is -2.44. The molecule has 1 saturated carbocycles. The molecule has 184 valence electrons. The van der Waals surface area contributed by atoms with E-state index in [-0.39, 0.29) is 29.1 Å². The molecular formula is C25H33N3O5S. The number of nitrogens with one attached hydrogen (secondary N) is 1. The van der Waals surface area contributed by atoms with Crippen LogP contribution in [0.5, 0.6) is 5.75 Å². The first-order chi connectivity index (χ1) is 16.5. The van der Waals surface area contributed by atoms with Crippen molar-refractivity contribution in [1.29, 1.82) is 0 Å². The molecule has 0 bridgehead atoms. The summed E-state index contributed by atoms with van der Waals surface area (Å²) < 4.78 is 38.5. The number of sulfonamides is 1. The summed E-state index contributed by atoms with van der Waals surface area (Å²) in [4.78, 5) is 15.4. The van der Waals surface area contributed by atoms with Gasteiger partial charge in [-0.15, -0.1) is 0 Å². The van der Waals surface area contributed by atoms with E-state index in [9.17, 15) is 13.2 Å². The fraction of sp³-hybridized carbons (Fsp3) is 0.480. The van der Waals surface area contributed by atoms with Gasteiger partial charge in [-0.05, 0) is 43.2 Å². The zero-order valence-corrected chi connectivity index (χ0v) is 20.4. The van der Waals surface area contributed by atoms with Crippen LogP contribution in [0.15, 0.2) is 53.4 Å². The third-order valence-electron chi connectivity index (χ3n) is 6.44. The summed E-state index contributed by atoms with van der Waals surface area (Å²) in [5.41, 5.74) is 1.45. The van der Waals surface area contributed by atoms with Crippen LogP contribution in [0, 0.1) is 0 Å². The van der Waals surface area contributed by atoms with Gasteiger partial charge in [0, 0.05) is 30.5 Å². The third-order valence-corrected chi connectivity index (χ3v) is 8.36. The minimum Gasteiger partial charge on any atom is -0.495 e. The number of rotatable bonds is 8. The van der Waals surface area contributed by atoms with E-state index in [0.717, 1.165) is 31.4 Å². The van der Waals surface area contributed by atoms with Gasteiger partial charge in [-0.1, -0.05) is 37.5 Å². The lowest BCUT2D eigenvalue weighted by molar-refractivity contribution is -0.117. The molecule has 0 spiro atoms. The van der Waals surface area contributed by atoms with Gasteiger partial charge in [0.05, 0.1) is 26.9 Å². The SMILES string of the molecule is COc1ccc(NCC(=O)N(c2ccccc2)C2CCCCC2)cc1S(=O)(=O)N1CCOCC1. The predicted octanol–water partition coefficient (Wildman–Crippen LogP) is 3.49. The average Bonchev–Trinajstić information content (AvgIpc) is 2.89. The average molecular weight is 488 g/mol. The molecule has 1 saturated heterocycles. The van der Waals surface area contributed by atoms with E-state index in [4.69, 9.17) is 9.47 Å². The number of nitrogens with zero attached hydrogens (tertiary/aromatic N) is 2. The van der Waals surface area contributed by atoms with Crippen molar-refractivity contribution in [2.75, 3.05) is 50.2 Å². The highest BCUT2D eigenvalue weighted by atomic mass is 32.2. The molecule has 1 aliphatic carbocycles. The number of hydrogen-bond acceptors (Lipinski definition) is 6. The molecule has 1 heterocycles. The van der Waals surface area contributed by atoms with E-state index in [1.54, 1.807) is 18.2 Å². The summed E-state index contributed by atoms with van der Waals surface area (Å²) in [5.74, 6) is 0.239. The maximum absolute atomic E-state index is 13.4. The lowest BCUT2D eigenvalue weighted by atomic mass is 9.93. The summed E-state index contributed by atoms with van der Waals surface area (Å²) in [7, 11) is -2.30. The number of para-hydroxylation sites is 1. The van der Waals surface area contributed by atoms with Crippen molar-refractivity contribution in [3.63, 3.8) is 0 Å². The van der Waals surface area contributed by atoms with Gasteiger partial charge in [-0.25, -0.2) is 8.42 Å². The van der Waals surface area contributed by atoms with Gasteiger partial charge in [-0.3, -0.25) is 4.79 Å². The first-order valence-electron chi connectivity index (χ1n) is 11.9. The lowest BCUT2D eigenvalue weighted by Gasteiger charge is -2.34. The monoisotopic (exact) mass is 487 g/mol. The van der Waals surface area contributed by atoms with Crippen molar-refractivity contribution >= 4 is 27.3 Å². The molecule has 1 N–H and O–H groups in total. The quantitative estimate of drug-likeness (QED) is 0.613. The number of morpholine rings is 1.